The molecular formula is C13H9NO4. The van der Waals surface area contributed by atoms with Gasteiger partial charge in [-0.05, 0) is 30.4 Å². The van der Waals surface area contributed by atoms with E-state index in [1.54, 1.807) is 24.3 Å². The van der Waals surface area contributed by atoms with Crippen LogP contribution in [0, 0.1) is 0 Å². The second-order valence-corrected chi connectivity index (χ2v) is 3.68. The third kappa shape index (κ3) is 1.98. The summed E-state index contributed by atoms with van der Waals surface area (Å²) in [4.78, 5) is 15.8. The molecule has 0 amide bonds. The zero-order chi connectivity index (χ0) is 12.4. The Morgan fingerprint density at radius 3 is 3.00 bits per heavy atom. The molecule has 18 heavy (non-hydrogen) atoms. The molecule has 0 unspecified atom stereocenters. The summed E-state index contributed by atoms with van der Waals surface area (Å²) in [5, 5.41) is 0. The molecular weight excluding hydrogens is 234 g/mol. The molecule has 90 valence electrons. The number of allylic oxidation sites excluding steroid dienone is 1. The summed E-state index contributed by atoms with van der Waals surface area (Å²) in [6.07, 6.45) is 5.81. The van der Waals surface area contributed by atoms with Crippen LogP contribution < -0.4 is 9.47 Å². The fraction of sp³-hybridized carbons (Fsp3) is 0.0769. The van der Waals surface area contributed by atoms with E-state index in [-0.39, 0.29) is 12.6 Å². The number of nitrogens with zero attached hydrogens (tertiary/aromatic N) is 1. The molecule has 0 spiro atoms. The first-order valence-electron chi connectivity index (χ1n) is 5.33. The maximum Gasteiger partial charge on any atom is 0.231 e. The van der Waals surface area contributed by atoms with Crippen molar-refractivity contribution < 1.29 is 18.7 Å². The minimum Gasteiger partial charge on any atom is -0.454 e. The highest BCUT2D eigenvalue weighted by atomic mass is 16.7. The van der Waals surface area contributed by atoms with Crippen molar-refractivity contribution >= 4 is 11.9 Å². The van der Waals surface area contributed by atoms with Crippen LogP contribution >= 0.6 is 0 Å². The molecule has 0 aliphatic carbocycles. The quantitative estimate of drug-likeness (QED) is 0.611. The molecule has 0 radical (unpaired) electrons. The Morgan fingerprint density at radius 2 is 2.17 bits per heavy atom. The summed E-state index contributed by atoms with van der Waals surface area (Å²) in [5.74, 6) is 1.12. The van der Waals surface area contributed by atoms with E-state index in [0.29, 0.717) is 22.8 Å². The minimum absolute atomic E-state index is 0.128. The molecule has 1 aromatic carbocycles. The predicted molar refractivity (Wildman–Crippen MR) is 62.4 cm³/mol. The van der Waals surface area contributed by atoms with Gasteiger partial charge in [0.1, 0.15) is 12.0 Å². The monoisotopic (exact) mass is 243 g/mol. The highest BCUT2D eigenvalue weighted by Crippen LogP contribution is 2.32. The van der Waals surface area contributed by atoms with Crippen molar-refractivity contribution in [2.24, 2.45) is 0 Å². The van der Waals surface area contributed by atoms with Crippen LogP contribution in [0.1, 0.15) is 16.1 Å². The molecule has 0 bridgehead atoms. The van der Waals surface area contributed by atoms with Gasteiger partial charge in [0.15, 0.2) is 23.7 Å². The van der Waals surface area contributed by atoms with Crippen LogP contribution in [0.4, 0.5) is 0 Å². The molecule has 1 aliphatic heterocycles. The summed E-state index contributed by atoms with van der Waals surface area (Å²) in [7, 11) is 0. The highest BCUT2D eigenvalue weighted by molar-refractivity contribution is 6.07. The van der Waals surface area contributed by atoms with E-state index in [9.17, 15) is 4.79 Å². The number of carbonyl (C=O) groups excluding carboxylic acids is 1. The van der Waals surface area contributed by atoms with Crippen molar-refractivity contribution in [2.45, 2.75) is 0 Å². The summed E-state index contributed by atoms with van der Waals surface area (Å²) >= 11 is 0. The number of rotatable bonds is 3. The maximum atomic E-state index is 11.9. The van der Waals surface area contributed by atoms with E-state index in [1.807, 2.05) is 0 Å². The van der Waals surface area contributed by atoms with Gasteiger partial charge in [0.2, 0.25) is 6.79 Å². The zero-order valence-corrected chi connectivity index (χ0v) is 9.33. The fourth-order valence-corrected chi connectivity index (χ4v) is 1.61. The number of hydrogen-bond acceptors (Lipinski definition) is 5. The second kappa shape index (κ2) is 4.37. The van der Waals surface area contributed by atoms with Crippen molar-refractivity contribution in [1.82, 2.24) is 4.98 Å². The summed E-state index contributed by atoms with van der Waals surface area (Å²) in [5.41, 5.74) is 1.14. The number of oxazole rings is 1. The van der Waals surface area contributed by atoms with Gasteiger partial charge in [0, 0.05) is 5.56 Å². The van der Waals surface area contributed by atoms with E-state index in [1.165, 1.54) is 18.7 Å². The molecule has 0 saturated carbocycles. The molecule has 0 N–H and O–H groups in total. The van der Waals surface area contributed by atoms with Crippen molar-refractivity contribution in [3.05, 3.63) is 48.2 Å². The molecule has 1 aromatic heterocycles. The van der Waals surface area contributed by atoms with Gasteiger partial charge < -0.3 is 13.9 Å². The van der Waals surface area contributed by atoms with Gasteiger partial charge >= 0.3 is 0 Å². The lowest BCUT2D eigenvalue weighted by molar-refractivity contribution is 0.104. The van der Waals surface area contributed by atoms with Crippen molar-refractivity contribution in [3.8, 4) is 11.5 Å². The standard InChI is InChI=1S/C13H9NO4/c15-11(3-2-10-6-16-7-14-10)9-1-4-12-13(5-9)18-8-17-12/h1-7H,8H2. The van der Waals surface area contributed by atoms with Crippen LogP contribution in [0.3, 0.4) is 0 Å². The average molecular weight is 243 g/mol. The lowest BCUT2D eigenvalue weighted by atomic mass is 10.1. The second-order valence-electron chi connectivity index (χ2n) is 3.68. The summed E-state index contributed by atoms with van der Waals surface area (Å²) in [6, 6.07) is 5.08. The van der Waals surface area contributed by atoms with Crippen LogP contribution in [0.15, 0.2) is 41.3 Å². The normalized spacial score (nSPS) is 13.1. The van der Waals surface area contributed by atoms with Crippen LogP contribution in [0.5, 0.6) is 11.5 Å². The molecule has 0 fully saturated rings. The number of fused-ring (bicyclic) bond motifs is 1. The van der Waals surface area contributed by atoms with E-state index in [2.05, 4.69) is 4.98 Å². The third-order valence-electron chi connectivity index (χ3n) is 2.51. The largest absolute Gasteiger partial charge is 0.454 e. The van der Waals surface area contributed by atoms with Gasteiger partial charge in [-0.2, -0.15) is 0 Å². The highest BCUT2D eigenvalue weighted by Gasteiger charge is 2.14. The number of ketones is 1. The fourth-order valence-electron chi connectivity index (χ4n) is 1.61. The molecule has 0 saturated heterocycles. The number of ether oxygens (including phenoxy) is 2. The molecule has 2 heterocycles. The molecule has 5 nitrogen and oxygen atoms in total. The topological polar surface area (TPSA) is 61.6 Å². The summed E-state index contributed by atoms with van der Waals surface area (Å²) < 4.78 is 15.2. The van der Waals surface area contributed by atoms with Gasteiger partial charge in [0.05, 0.1) is 0 Å². The maximum absolute atomic E-state index is 11.9. The van der Waals surface area contributed by atoms with E-state index in [0.717, 1.165) is 0 Å². The van der Waals surface area contributed by atoms with Gasteiger partial charge in [-0.15, -0.1) is 0 Å². The van der Waals surface area contributed by atoms with Crippen molar-refractivity contribution in [1.29, 1.82) is 0 Å². The van der Waals surface area contributed by atoms with E-state index >= 15 is 0 Å². The first-order valence-corrected chi connectivity index (χ1v) is 5.33. The van der Waals surface area contributed by atoms with E-state index < -0.39 is 0 Å². The van der Waals surface area contributed by atoms with Crippen LogP contribution in [-0.4, -0.2) is 17.6 Å². The molecule has 5 heteroatoms. The first-order chi connectivity index (χ1) is 8.83. The molecule has 0 atom stereocenters. The number of carbonyl (C=O) groups is 1. The Bertz CT molecular complexity index is 601. The number of benzene rings is 1. The van der Waals surface area contributed by atoms with Gasteiger partial charge in [-0.1, -0.05) is 0 Å². The summed E-state index contributed by atoms with van der Waals surface area (Å²) in [6.45, 7) is 0.196. The van der Waals surface area contributed by atoms with E-state index in [4.69, 9.17) is 13.9 Å². The van der Waals surface area contributed by atoms with Gasteiger partial charge in [-0.3, -0.25) is 4.79 Å². The number of aromatic nitrogens is 1. The lowest BCUT2D eigenvalue weighted by Crippen LogP contribution is -1.94. The Balaban J connectivity index is 1.80. The Labute approximate surface area is 103 Å². The van der Waals surface area contributed by atoms with Crippen LogP contribution in [0.25, 0.3) is 6.08 Å². The predicted octanol–water partition coefficient (Wildman–Crippen LogP) is 2.30. The van der Waals surface area contributed by atoms with Gasteiger partial charge in [0.25, 0.3) is 0 Å². The van der Waals surface area contributed by atoms with Crippen LogP contribution in [-0.2, 0) is 0 Å². The first kappa shape index (κ1) is 10.6. The Morgan fingerprint density at radius 1 is 1.28 bits per heavy atom. The minimum atomic E-state index is -0.128. The zero-order valence-electron chi connectivity index (χ0n) is 9.33. The van der Waals surface area contributed by atoms with Crippen LogP contribution in [0.2, 0.25) is 0 Å². The third-order valence-corrected chi connectivity index (χ3v) is 2.51. The number of hydrogen-bond donors (Lipinski definition) is 0. The smallest absolute Gasteiger partial charge is 0.231 e. The van der Waals surface area contributed by atoms with Gasteiger partial charge in [-0.25, -0.2) is 4.98 Å². The Hall–Kier alpha value is -2.56. The molecule has 3 rings (SSSR count). The van der Waals surface area contributed by atoms with Crippen molar-refractivity contribution in [3.63, 3.8) is 0 Å². The lowest BCUT2D eigenvalue weighted by Gasteiger charge is -1.98. The SMILES string of the molecule is O=C(C=Cc1cocn1)c1ccc2c(c1)OCO2. The Kier molecular flexibility index (Phi) is 2.57. The molecule has 2 aromatic rings. The van der Waals surface area contributed by atoms with Crippen molar-refractivity contribution in [2.75, 3.05) is 6.79 Å². The average Bonchev–Trinajstić information content (AvgIpc) is 3.05. The molecule has 1 aliphatic rings.